The van der Waals surface area contributed by atoms with E-state index in [0.717, 1.165) is 18.4 Å². The zero-order valence-electron chi connectivity index (χ0n) is 16.3. The number of likely N-dealkylation sites (tertiary alicyclic amines) is 1. The minimum Gasteiger partial charge on any atom is -0.443 e. The minimum absolute atomic E-state index is 0.0150. The van der Waals surface area contributed by atoms with E-state index in [1.807, 2.05) is 24.3 Å². The lowest BCUT2D eigenvalue weighted by Crippen LogP contribution is -2.36. The molecule has 1 atom stereocenters. The summed E-state index contributed by atoms with van der Waals surface area (Å²) in [5.74, 6) is -1.40. The highest BCUT2D eigenvalue weighted by Gasteiger charge is 2.31. The Bertz CT molecular complexity index is 888. The number of hydrogen-bond acceptors (Lipinski definition) is 4. The summed E-state index contributed by atoms with van der Waals surface area (Å²) < 4.78 is 5.63. The van der Waals surface area contributed by atoms with Crippen LogP contribution in [0, 0.1) is 0 Å². The highest BCUT2D eigenvalue weighted by Crippen LogP contribution is 2.24. The Morgan fingerprint density at radius 2 is 1.55 bits per heavy atom. The van der Waals surface area contributed by atoms with E-state index < -0.39 is 18.0 Å². The van der Waals surface area contributed by atoms with Crippen LogP contribution in [0.2, 0.25) is 0 Å². The van der Waals surface area contributed by atoms with Crippen molar-refractivity contribution in [3.8, 4) is 0 Å². The van der Waals surface area contributed by atoms with Gasteiger partial charge in [0.25, 0.3) is 5.91 Å². The first kappa shape index (κ1) is 20.3. The van der Waals surface area contributed by atoms with Crippen molar-refractivity contribution < 1.29 is 19.1 Å². The second kappa shape index (κ2) is 9.68. The fraction of sp³-hybridized carbons (Fsp3) is 0.261. The van der Waals surface area contributed by atoms with Gasteiger partial charge in [0.2, 0.25) is 12.0 Å². The number of carbonyl (C=O) groups is 3. The summed E-state index contributed by atoms with van der Waals surface area (Å²) in [6.07, 6.45) is 2.35. The summed E-state index contributed by atoms with van der Waals surface area (Å²) in [6, 6.07) is 18.0. The highest BCUT2D eigenvalue weighted by molar-refractivity contribution is 5.99. The second-order valence-electron chi connectivity index (χ2n) is 6.88. The molecule has 29 heavy (non-hydrogen) atoms. The minimum atomic E-state index is -1.06. The normalized spacial score (nSPS) is 14.9. The number of esters is 1. The van der Waals surface area contributed by atoms with Crippen molar-refractivity contribution in [2.24, 2.45) is 0 Å². The maximum absolute atomic E-state index is 13.0. The van der Waals surface area contributed by atoms with Crippen molar-refractivity contribution in [1.82, 2.24) is 10.2 Å². The summed E-state index contributed by atoms with van der Waals surface area (Å²) in [6.45, 7) is 2.62. The molecule has 3 rings (SSSR count). The quantitative estimate of drug-likeness (QED) is 0.606. The average molecular weight is 392 g/mol. The largest absolute Gasteiger partial charge is 0.443 e. The standard InChI is InChI=1S/C23H24N2O4/c1-17(26)24-20(16-18-10-4-2-5-11-18)23(28)29-21(19-12-6-3-7-13-19)22(27)25-14-8-9-15-25/h2-7,10-13,16,21H,8-9,14-15H2,1H3,(H,24,26)/b20-16-/t21-/m0/s1. The van der Waals surface area contributed by atoms with Crippen molar-refractivity contribution in [2.45, 2.75) is 25.9 Å². The number of benzene rings is 2. The van der Waals surface area contributed by atoms with E-state index in [-0.39, 0.29) is 11.6 Å². The van der Waals surface area contributed by atoms with Gasteiger partial charge in [0.05, 0.1) is 0 Å². The van der Waals surface area contributed by atoms with Crippen LogP contribution in [0.1, 0.15) is 37.0 Å². The van der Waals surface area contributed by atoms with E-state index in [2.05, 4.69) is 5.32 Å². The number of rotatable bonds is 6. The number of nitrogens with one attached hydrogen (secondary N) is 1. The topological polar surface area (TPSA) is 75.7 Å². The third-order valence-corrected chi connectivity index (χ3v) is 4.61. The summed E-state index contributed by atoms with van der Waals surface area (Å²) in [5, 5.41) is 2.52. The lowest BCUT2D eigenvalue weighted by Gasteiger charge is -2.24. The molecule has 2 amide bonds. The monoisotopic (exact) mass is 392 g/mol. The van der Waals surface area contributed by atoms with Gasteiger partial charge in [-0.15, -0.1) is 0 Å². The Balaban J connectivity index is 1.87. The smallest absolute Gasteiger partial charge is 0.355 e. The summed E-state index contributed by atoms with van der Waals surface area (Å²) in [4.78, 5) is 39.3. The van der Waals surface area contributed by atoms with Gasteiger partial charge in [-0.25, -0.2) is 4.79 Å². The van der Waals surface area contributed by atoms with Crippen molar-refractivity contribution in [3.63, 3.8) is 0 Å². The van der Waals surface area contributed by atoms with Gasteiger partial charge < -0.3 is 15.0 Å². The van der Waals surface area contributed by atoms with Crippen LogP contribution in [0.5, 0.6) is 0 Å². The van der Waals surface area contributed by atoms with Crippen LogP contribution < -0.4 is 5.32 Å². The van der Waals surface area contributed by atoms with Gasteiger partial charge in [-0.3, -0.25) is 9.59 Å². The van der Waals surface area contributed by atoms with Crippen molar-refractivity contribution in [1.29, 1.82) is 0 Å². The molecular weight excluding hydrogens is 368 g/mol. The van der Waals surface area contributed by atoms with E-state index >= 15 is 0 Å². The molecule has 1 heterocycles. The Morgan fingerprint density at radius 3 is 2.14 bits per heavy atom. The molecule has 0 unspecified atom stereocenters. The van der Waals surface area contributed by atoms with Crippen LogP contribution in [0.3, 0.4) is 0 Å². The zero-order chi connectivity index (χ0) is 20.6. The van der Waals surface area contributed by atoms with Gasteiger partial charge in [-0.1, -0.05) is 60.7 Å². The van der Waals surface area contributed by atoms with Crippen LogP contribution in [0.4, 0.5) is 0 Å². The van der Waals surface area contributed by atoms with Crippen molar-refractivity contribution >= 4 is 23.9 Å². The molecule has 0 saturated carbocycles. The molecule has 1 N–H and O–H groups in total. The van der Waals surface area contributed by atoms with Crippen LogP contribution in [-0.2, 0) is 19.1 Å². The number of amides is 2. The molecular formula is C23H24N2O4. The fourth-order valence-electron chi connectivity index (χ4n) is 3.21. The number of hydrogen-bond donors (Lipinski definition) is 1. The van der Waals surface area contributed by atoms with Crippen LogP contribution in [0.25, 0.3) is 6.08 Å². The van der Waals surface area contributed by atoms with Gasteiger partial charge in [0, 0.05) is 25.6 Å². The molecule has 6 nitrogen and oxygen atoms in total. The third-order valence-electron chi connectivity index (χ3n) is 4.61. The molecule has 1 fully saturated rings. The van der Waals surface area contributed by atoms with Crippen LogP contribution in [0.15, 0.2) is 66.4 Å². The average Bonchev–Trinajstić information content (AvgIpc) is 3.27. The first-order chi connectivity index (χ1) is 14.0. The molecule has 2 aromatic carbocycles. The summed E-state index contributed by atoms with van der Waals surface area (Å²) >= 11 is 0. The predicted molar refractivity (Wildman–Crippen MR) is 109 cm³/mol. The molecule has 0 radical (unpaired) electrons. The molecule has 1 saturated heterocycles. The lowest BCUT2D eigenvalue weighted by atomic mass is 10.1. The molecule has 0 aliphatic carbocycles. The predicted octanol–water partition coefficient (Wildman–Crippen LogP) is 3.07. The Kier molecular flexibility index (Phi) is 6.79. The fourth-order valence-corrected chi connectivity index (χ4v) is 3.21. The first-order valence-corrected chi connectivity index (χ1v) is 9.63. The molecule has 0 aromatic heterocycles. The first-order valence-electron chi connectivity index (χ1n) is 9.63. The van der Waals surface area contributed by atoms with Gasteiger partial charge >= 0.3 is 5.97 Å². The van der Waals surface area contributed by atoms with Crippen LogP contribution >= 0.6 is 0 Å². The molecule has 0 bridgehead atoms. The van der Waals surface area contributed by atoms with Gasteiger partial charge in [0.1, 0.15) is 5.70 Å². The number of ether oxygens (including phenoxy) is 1. The molecule has 0 spiro atoms. The number of nitrogens with zero attached hydrogens (tertiary/aromatic N) is 1. The molecule has 2 aromatic rings. The maximum Gasteiger partial charge on any atom is 0.355 e. The Morgan fingerprint density at radius 1 is 0.966 bits per heavy atom. The Labute approximate surface area is 170 Å². The maximum atomic E-state index is 13.0. The van der Waals surface area contributed by atoms with Gasteiger partial charge in [-0.05, 0) is 24.5 Å². The third kappa shape index (κ3) is 5.54. The van der Waals surface area contributed by atoms with E-state index in [1.54, 1.807) is 41.3 Å². The van der Waals surface area contributed by atoms with Gasteiger partial charge in [-0.2, -0.15) is 0 Å². The highest BCUT2D eigenvalue weighted by atomic mass is 16.5. The van der Waals surface area contributed by atoms with Crippen LogP contribution in [-0.4, -0.2) is 35.8 Å². The summed E-state index contributed by atoms with van der Waals surface area (Å²) in [7, 11) is 0. The molecule has 150 valence electrons. The SMILES string of the molecule is CC(=O)N/C(=C\c1ccccc1)C(=O)O[C@H](C(=O)N1CCCC1)c1ccccc1. The number of carbonyl (C=O) groups excluding carboxylic acids is 3. The van der Waals surface area contributed by atoms with Crippen molar-refractivity contribution in [3.05, 3.63) is 77.5 Å². The molecule has 6 heteroatoms. The van der Waals surface area contributed by atoms with E-state index in [0.29, 0.717) is 18.7 Å². The van der Waals surface area contributed by atoms with E-state index in [4.69, 9.17) is 4.74 Å². The molecule has 1 aliphatic rings. The molecule has 1 aliphatic heterocycles. The van der Waals surface area contributed by atoms with Crippen molar-refractivity contribution in [2.75, 3.05) is 13.1 Å². The lowest BCUT2D eigenvalue weighted by molar-refractivity contribution is -0.157. The van der Waals surface area contributed by atoms with Gasteiger partial charge in [0.15, 0.2) is 0 Å². The second-order valence-corrected chi connectivity index (χ2v) is 6.88. The zero-order valence-corrected chi connectivity index (χ0v) is 16.3. The Hall–Kier alpha value is -3.41. The van der Waals surface area contributed by atoms with E-state index in [1.165, 1.54) is 13.0 Å². The summed E-state index contributed by atoms with van der Waals surface area (Å²) in [5.41, 5.74) is 1.31. The van der Waals surface area contributed by atoms with E-state index in [9.17, 15) is 14.4 Å².